The first-order valence-corrected chi connectivity index (χ1v) is 6.95. The van der Waals surface area contributed by atoms with E-state index in [2.05, 4.69) is 42.2 Å². The number of halogens is 3. The van der Waals surface area contributed by atoms with Gasteiger partial charge in [0, 0.05) is 10.7 Å². The van der Waals surface area contributed by atoms with Gasteiger partial charge in [-0.05, 0) is 62.5 Å². The average molecular weight is 388 g/mol. The number of aromatic nitrogens is 1. The minimum absolute atomic E-state index is 0.140. The van der Waals surface area contributed by atoms with Crippen LogP contribution in [-0.4, -0.2) is 10.9 Å². The molecule has 0 unspecified atom stereocenters. The number of amides is 1. The molecule has 0 saturated carbocycles. The zero-order valence-corrected chi connectivity index (χ0v) is 13.0. The first-order chi connectivity index (χ1) is 8.99. The third kappa shape index (κ3) is 3.19. The number of pyridine rings is 1. The molecule has 0 bridgehead atoms. The van der Waals surface area contributed by atoms with E-state index in [1.165, 1.54) is 18.2 Å². The number of hydrogen-bond acceptors (Lipinski definition) is 2. The fourth-order valence-electron chi connectivity index (χ4n) is 1.47. The van der Waals surface area contributed by atoms with E-state index in [0.717, 1.165) is 10.0 Å². The highest BCUT2D eigenvalue weighted by Crippen LogP contribution is 2.22. The molecule has 0 fully saturated rings. The maximum Gasteiger partial charge on any atom is 0.258 e. The standard InChI is InChI=1S/C13H9Br2FN2O/c1-7-5-11(17-6-9(7)14)18-13(19)8-3-2-4-10(16)12(8)15/h2-6H,1H3,(H,17,18,19). The first-order valence-electron chi connectivity index (χ1n) is 5.36. The lowest BCUT2D eigenvalue weighted by atomic mass is 10.2. The van der Waals surface area contributed by atoms with Crippen LogP contribution in [0.15, 0.2) is 39.4 Å². The molecule has 2 aromatic rings. The third-order valence-electron chi connectivity index (χ3n) is 2.48. The highest BCUT2D eigenvalue weighted by molar-refractivity contribution is 9.10. The summed E-state index contributed by atoms with van der Waals surface area (Å²) in [6, 6.07) is 6.03. The number of carbonyl (C=O) groups is 1. The van der Waals surface area contributed by atoms with Crippen LogP contribution in [0.2, 0.25) is 0 Å². The summed E-state index contributed by atoms with van der Waals surface area (Å²) in [6.45, 7) is 1.89. The van der Waals surface area contributed by atoms with Crippen LogP contribution < -0.4 is 5.32 Å². The van der Waals surface area contributed by atoms with E-state index in [1.807, 2.05) is 6.92 Å². The van der Waals surface area contributed by atoms with Crippen LogP contribution in [-0.2, 0) is 0 Å². The summed E-state index contributed by atoms with van der Waals surface area (Å²) >= 11 is 6.39. The van der Waals surface area contributed by atoms with Gasteiger partial charge in [-0.15, -0.1) is 0 Å². The van der Waals surface area contributed by atoms with Crippen molar-refractivity contribution in [3.63, 3.8) is 0 Å². The lowest BCUT2D eigenvalue weighted by molar-refractivity contribution is 0.102. The minimum Gasteiger partial charge on any atom is -0.307 e. The largest absolute Gasteiger partial charge is 0.307 e. The van der Waals surface area contributed by atoms with E-state index in [0.29, 0.717) is 5.82 Å². The smallest absolute Gasteiger partial charge is 0.258 e. The van der Waals surface area contributed by atoms with Gasteiger partial charge in [-0.2, -0.15) is 0 Å². The monoisotopic (exact) mass is 386 g/mol. The molecular formula is C13H9Br2FN2O. The molecule has 0 atom stereocenters. The normalized spacial score (nSPS) is 10.3. The van der Waals surface area contributed by atoms with Crippen molar-refractivity contribution < 1.29 is 9.18 Å². The molecule has 19 heavy (non-hydrogen) atoms. The summed E-state index contributed by atoms with van der Waals surface area (Å²) in [5.41, 5.74) is 1.17. The summed E-state index contributed by atoms with van der Waals surface area (Å²) in [7, 11) is 0. The van der Waals surface area contributed by atoms with Gasteiger partial charge in [0.1, 0.15) is 11.6 Å². The Morgan fingerprint density at radius 2 is 2.11 bits per heavy atom. The number of nitrogens with one attached hydrogen (secondary N) is 1. The molecule has 6 heteroatoms. The van der Waals surface area contributed by atoms with E-state index < -0.39 is 11.7 Å². The molecule has 1 heterocycles. The van der Waals surface area contributed by atoms with Gasteiger partial charge >= 0.3 is 0 Å². The third-order valence-corrected chi connectivity index (χ3v) is 4.12. The van der Waals surface area contributed by atoms with E-state index in [1.54, 1.807) is 12.3 Å². The Morgan fingerprint density at radius 1 is 1.37 bits per heavy atom. The molecule has 98 valence electrons. The molecule has 1 amide bonds. The van der Waals surface area contributed by atoms with E-state index in [-0.39, 0.29) is 10.0 Å². The molecule has 1 aromatic heterocycles. The van der Waals surface area contributed by atoms with E-state index in [4.69, 9.17) is 0 Å². The summed E-state index contributed by atoms with van der Waals surface area (Å²) < 4.78 is 14.3. The second-order valence-electron chi connectivity index (χ2n) is 3.87. The molecule has 0 saturated heterocycles. The maximum absolute atomic E-state index is 13.3. The van der Waals surface area contributed by atoms with Crippen molar-refractivity contribution in [1.29, 1.82) is 0 Å². The highest BCUT2D eigenvalue weighted by atomic mass is 79.9. The number of aryl methyl sites for hydroxylation is 1. The fraction of sp³-hybridized carbons (Fsp3) is 0.0769. The predicted octanol–water partition coefficient (Wildman–Crippen LogP) is 4.31. The van der Waals surface area contributed by atoms with Crippen molar-refractivity contribution in [2.45, 2.75) is 6.92 Å². The van der Waals surface area contributed by atoms with Gasteiger partial charge in [-0.3, -0.25) is 4.79 Å². The van der Waals surface area contributed by atoms with Gasteiger partial charge in [0.25, 0.3) is 5.91 Å². The highest BCUT2D eigenvalue weighted by Gasteiger charge is 2.13. The maximum atomic E-state index is 13.3. The Hall–Kier alpha value is -1.27. The van der Waals surface area contributed by atoms with E-state index in [9.17, 15) is 9.18 Å². The van der Waals surface area contributed by atoms with Crippen molar-refractivity contribution in [2.24, 2.45) is 0 Å². The van der Waals surface area contributed by atoms with Crippen LogP contribution in [0.4, 0.5) is 10.2 Å². The molecule has 0 aliphatic carbocycles. The molecule has 0 aliphatic heterocycles. The zero-order chi connectivity index (χ0) is 14.0. The summed E-state index contributed by atoms with van der Waals surface area (Å²) in [4.78, 5) is 16.1. The SMILES string of the molecule is Cc1cc(NC(=O)c2cccc(F)c2Br)ncc1Br. The summed E-state index contributed by atoms with van der Waals surface area (Å²) in [5, 5.41) is 2.63. The second-order valence-corrected chi connectivity index (χ2v) is 5.52. The lowest BCUT2D eigenvalue weighted by Crippen LogP contribution is -2.14. The molecule has 0 aliphatic rings. The van der Waals surface area contributed by atoms with Crippen molar-refractivity contribution in [1.82, 2.24) is 4.98 Å². The predicted molar refractivity (Wildman–Crippen MR) is 78.7 cm³/mol. The Morgan fingerprint density at radius 3 is 2.79 bits per heavy atom. The number of rotatable bonds is 2. The molecular weight excluding hydrogens is 379 g/mol. The van der Waals surface area contributed by atoms with Crippen molar-refractivity contribution in [2.75, 3.05) is 5.32 Å². The number of carbonyl (C=O) groups excluding carboxylic acids is 1. The average Bonchev–Trinajstić information content (AvgIpc) is 2.37. The van der Waals surface area contributed by atoms with Crippen molar-refractivity contribution in [3.05, 3.63) is 56.4 Å². The second kappa shape index (κ2) is 5.79. The van der Waals surface area contributed by atoms with Crippen LogP contribution in [0, 0.1) is 12.7 Å². The molecule has 3 nitrogen and oxygen atoms in total. The number of nitrogens with zero attached hydrogens (tertiary/aromatic N) is 1. The van der Waals surface area contributed by atoms with Gasteiger partial charge in [0.2, 0.25) is 0 Å². The molecule has 0 spiro atoms. The minimum atomic E-state index is -0.479. The van der Waals surface area contributed by atoms with Crippen LogP contribution >= 0.6 is 31.9 Å². The number of hydrogen-bond donors (Lipinski definition) is 1. The van der Waals surface area contributed by atoms with Crippen LogP contribution in [0.3, 0.4) is 0 Å². The first kappa shape index (κ1) is 14.1. The van der Waals surface area contributed by atoms with E-state index >= 15 is 0 Å². The van der Waals surface area contributed by atoms with Crippen molar-refractivity contribution >= 4 is 43.6 Å². The summed E-state index contributed by atoms with van der Waals surface area (Å²) in [6.07, 6.45) is 1.60. The molecule has 1 N–H and O–H groups in total. The molecule has 1 aromatic carbocycles. The molecule has 2 rings (SSSR count). The van der Waals surface area contributed by atoms with Crippen LogP contribution in [0.1, 0.15) is 15.9 Å². The van der Waals surface area contributed by atoms with Gasteiger partial charge < -0.3 is 5.32 Å². The summed E-state index contributed by atoms with van der Waals surface area (Å²) in [5.74, 6) is -0.477. The topological polar surface area (TPSA) is 42.0 Å². The Kier molecular flexibility index (Phi) is 4.31. The fourth-order valence-corrected chi connectivity index (χ4v) is 2.13. The van der Waals surface area contributed by atoms with Crippen molar-refractivity contribution in [3.8, 4) is 0 Å². The van der Waals surface area contributed by atoms with Gasteiger partial charge in [-0.25, -0.2) is 9.37 Å². The van der Waals surface area contributed by atoms with Gasteiger partial charge in [0.05, 0.1) is 10.0 Å². The van der Waals surface area contributed by atoms with Gasteiger partial charge in [-0.1, -0.05) is 6.07 Å². The number of anilines is 1. The van der Waals surface area contributed by atoms with Crippen LogP contribution in [0.5, 0.6) is 0 Å². The van der Waals surface area contributed by atoms with Gasteiger partial charge in [0.15, 0.2) is 0 Å². The lowest BCUT2D eigenvalue weighted by Gasteiger charge is -2.07. The Labute approximate surface area is 126 Å². The number of benzene rings is 1. The Bertz CT molecular complexity index is 647. The zero-order valence-electron chi connectivity index (χ0n) is 9.88. The molecule has 0 radical (unpaired) electrons. The quantitative estimate of drug-likeness (QED) is 0.834. The van der Waals surface area contributed by atoms with Crippen LogP contribution in [0.25, 0.3) is 0 Å². The Balaban J connectivity index is 2.26.